The first-order chi connectivity index (χ1) is 9.31. The Morgan fingerprint density at radius 1 is 1.32 bits per heavy atom. The molecule has 19 heavy (non-hydrogen) atoms. The highest BCUT2D eigenvalue weighted by Gasteiger charge is 2.41. The van der Waals surface area contributed by atoms with E-state index >= 15 is 0 Å². The van der Waals surface area contributed by atoms with E-state index < -0.39 is 0 Å². The Kier molecular flexibility index (Phi) is 3.83. The molecule has 1 fully saturated rings. The monoisotopic (exact) mass is 274 g/mol. The van der Waals surface area contributed by atoms with Crippen molar-refractivity contribution in [2.75, 3.05) is 13.1 Å². The molecule has 1 aromatic carbocycles. The average molecular weight is 274 g/mol. The quantitative estimate of drug-likeness (QED) is 0.877. The molecular weight excluding hydrogens is 252 g/mol. The topological polar surface area (TPSA) is 24.4 Å². The van der Waals surface area contributed by atoms with Gasteiger partial charge in [-0.2, -0.15) is 0 Å². The molecular formula is C16H22N2S. The number of nitrogens with one attached hydrogen (secondary N) is 1. The first-order valence-electron chi connectivity index (χ1n) is 7.31. The van der Waals surface area contributed by atoms with Crippen molar-refractivity contribution in [3.05, 3.63) is 35.9 Å². The fourth-order valence-corrected chi connectivity index (χ4v) is 3.82. The highest BCUT2D eigenvalue weighted by Crippen LogP contribution is 2.49. The Bertz CT molecular complexity index is 451. The lowest BCUT2D eigenvalue weighted by Crippen LogP contribution is -2.27. The molecule has 0 amide bonds. The number of hydrogen-bond acceptors (Lipinski definition) is 3. The van der Waals surface area contributed by atoms with Crippen LogP contribution in [-0.2, 0) is 0 Å². The second-order valence-corrected chi connectivity index (χ2v) is 6.96. The lowest BCUT2D eigenvalue weighted by atomic mass is 10.0. The number of aliphatic imine (C=N–C) groups is 1. The third kappa shape index (κ3) is 3.14. The molecule has 1 aliphatic carbocycles. The Morgan fingerprint density at radius 3 is 2.79 bits per heavy atom. The minimum Gasteiger partial charge on any atom is -0.364 e. The largest absolute Gasteiger partial charge is 0.364 e. The van der Waals surface area contributed by atoms with E-state index in [9.17, 15) is 0 Å². The smallest absolute Gasteiger partial charge is 0.157 e. The molecule has 1 aromatic rings. The van der Waals surface area contributed by atoms with Gasteiger partial charge in [0, 0.05) is 6.54 Å². The molecule has 0 saturated heterocycles. The Hall–Kier alpha value is -0.960. The molecule has 3 heteroatoms. The minimum atomic E-state index is 0.505. The van der Waals surface area contributed by atoms with E-state index in [0.29, 0.717) is 10.7 Å². The van der Waals surface area contributed by atoms with Crippen molar-refractivity contribution in [1.29, 1.82) is 0 Å². The van der Waals surface area contributed by atoms with Gasteiger partial charge in [-0.1, -0.05) is 55.4 Å². The second-order valence-electron chi connectivity index (χ2n) is 5.77. The van der Waals surface area contributed by atoms with Gasteiger partial charge in [0.1, 0.15) is 0 Å². The van der Waals surface area contributed by atoms with Crippen molar-refractivity contribution in [2.24, 2.45) is 10.4 Å². The first kappa shape index (κ1) is 13.0. The van der Waals surface area contributed by atoms with Gasteiger partial charge in [-0.3, -0.25) is 4.99 Å². The average Bonchev–Trinajstić information content (AvgIpc) is 3.05. The zero-order valence-corrected chi connectivity index (χ0v) is 12.4. The summed E-state index contributed by atoms with van der Waals surface area (Å²) in [5.74, 6) is 0. The van der Waals surface area contributed by atoms with Crippen LogP contribution < -0.4 is 5.32 Å². The molecule has 1 N–H and O–H groups in total. The van der Waals surface area contributed by atoms with Gasteiger partial charge in [0.2, 0.25) is 0 Å². The molecule has 0 spiro atoms. The maximum atomic E-state index is 4.65. The van der Waals surface area contributed by atoms with E-state index in [1.807, 2.05) is 11.8 Å². The van der Waals surface area contributed by atoms with Gasteiger partial charge in [-0.15, -0.1) is 0 Å². The van der Waals surface area contributed by atoms with Crippen LogP contribution in [0.3, 0.4) is 0 Å². The number of thioether (sulfide) groups is 1. The van der Waals surface area contributed by atoms with E-state index in [2.05, 4.69) is 47.6 Å². The van der Waals surface area contributed by atoms with Crippen LogP contribution in [0.4, 0.5) is 0 Å². The molecule has 3 rings (SSSR count). The van der Waals surface area contributed by atoms with Crippen molar-refractivity contribution in [2.45, 2.75) is 37.9 Å². The van der Waals surface area contributed by atoms with E-state index in [0.717, 1.165) is 18.3 Å². The molecule has 1 unspecified atom stereocenters. The number of rotatable bonds is 5. The lowest BCUT2D eigenvalue weighted by molar-refractivity contribution is 0.454. The van der Waals surface area contributed by atoms with Crippen molar-refractivity contribution >= 4 is 16.9 Å². The Labute approximate surface area is 120 Å². The Balaban J connectivity index is 1.50. The number of amidine groups is 1. The van der Waals surface area contributed by atoms with Gasteiger partial charge in [0.15, 0.2) is 5.17 Å². The van der Waals surface area contributed by atoms with Crippen molar-refractivity contribution in [1.82, 2.24) is 5.32 Å². The van der Waals surface area contributed by atoms with E-state index in [1.165, 1.54) is 31.2 Å². The van der Waals surface area contributed by atoms with Gasteiger partial charge < -0.3 is 5.32 Å². The summed E-state index contributed by atoms with van der Waals surface area (Å²) in [6, 6.07) is 10.7. The summed E-state index contributed by atoms with van der Waals surface area (Å²) >= 11 is 1.89. The van der Waals surface area contributed by atoms with Crippen molar-refractivity contribution in [3.8, 4) is 0 Å². The summed E-state index contributed by atoms with van der Waals surface area (Å²) in [7, 11) is 0. The molecule has 1 aliphatic heterocycles. The van der Waals surface area contributed by atoms with Gasteiger partial charge in [-0.05, 0) is 30.2 Å². The summed E-state index contributed by atoms with van der Waals surface area (Å²) in [5, 5.41) is 5.24. The van der Waals surface area contributed by atoms with Crippen LogP contribution in [0.15, 0.2) is 35.3 Å². The van der Waals surface area contributed by atoms with Gasteiger partial charge in [0.05, 0.1) is 11.8 Å². The normalized spacial score (nSPS) is 24.1. The van der Waals surface area contributed by atoms with E-state index in [4.69, 9.17) is 0 Å². The predicted molar refractivity (Wildman–Crippen MR) is 83.7 cm³/mol. The van der Waals surface area contributed by atoms with Crippen molar-refractivity contribution in [3.63, 3.8) is 0 Å². The van der Waals surface area contributed by atoms with Crippen molar-refractivity contribution < 1.29 is 0 Å². The van der Waals surface area contributed by atoms with E-state index in [-0.39, 0.29) is 0 Å². The summed E-state index contributed by atoms with van der Waals surface area (Å²) in [6.45, 7) is 4.32. The van der Waals surface area contributed by atoms with Crippen LogP contribution in [0.2, 0.25) is 0 Å². The fourth-order valence-electron chi connectivity index (χ4n) is 2.80. The zero-order chi connectivity index (χ0) is 13.1. The van der Waals surface area contributed by atoms with Crippen LogP contribution >= 0.6 is 11.8 Å². The highest BCUT2D eigenvalue weighted by molar-refractivity contribution is 8.14. The molecule has 0 aromatic heterocycles. The molecule has 0 bridgehead atoms. The van der Waals surface area contributed by atoms with Gasteiger partial charge in [-0.25, -0.2) is 0 Å². The van der Waals surface area contributed by atoms with E-state index in [1.54, 1.807) is 0 Å². The van der Waals surface area contributed by atoms with Gasteiger partial charge >= 0.3 is 0 Å². The molecule has 1 atom stereocenters. The summed E-state index contributed by atoms with van der Waals surface area (Å²) in [6.07, 6.45) is 5.45. The molecule has 1 saturated carbocycles. The van der Waals surface area contributed by atoms with Crippen LogP contribution in [0.25, 0.3) is 0 Å². The highest BCUT2D eigenvalue weighted by atomic mass is 32.2. The second kappa shape index (κ2) is 5.58. The van der Waals surface area contributed by atoms with Crippen LogP contribution in [0, 0.1) is 5.41 Å². The zero-order valence-electron chi connectivity index (χ0n) is 11.6. The maximum absolute atomic E-state index is 4.65. The van der Waals surface area contributed by atoms with Gasteiger partial charge in [0.25, 0.3) is 0 Å². The number of nitrogens with zero attached hydrogens (tertiary/aromatic N) is 1. The SMILES string of the molecule is CCCC1(CNC2=NCC(c3ccccc3)S2)CC1. The molecule has 2 nitrogen and oxygen atoms in total. The first-order valence-corrected chi connectivity index (χ1v) is 8.19. The lowest BCUT2D eigenvalue weighted by Gasteiger charge is -2.15. The number of benzene rings is 1. The predicted octanol–water partition coefficient (Wildman–Crippen LogP) is 4.00. The molecule has 1 heterocycles. The van der Waals surface area contributed by atoms with Crippen LogP contribution in [0.1, 0.15) is 43.4 Å². The summed E-state index contributed by atoms with van der Waals surface area (Å²) < 4.78 is 0. The third-order valence-corrected chi connectivity index (χ3v) is 5.38. The molecule has 2 aliphatic rings. The number of hydrogen-bond donors (Lipinski definition) is 1. The third-order valence-electron chi connectivity index (χ3n) is 4.18. The maximum Gasteiger partial charge on any atom is 0.157 e. The summed E-state index contributed by atoms with van der Waals surface area (Å²) in [4.78, 5) is 4.65. The standard InChI is InChI=1S/C16H22N2S/c1-2-8-16(9-10-16)12-18-15-17-11-14(19-15)13-6-4-3-5-7-13/h3-7,14H,2,8-12H2,1H3,(H,17,18). The van der Waals surface area contributed by atoms with Crippen LogP contribution in [-0.4, -0.2) is 18.3 Å². The minimum absolute atomic E-state index is 0.505. The molecule has 102 valence electrons. The molecule has 0 radical (unpaired) electrons. The fraction of sp³-hybridized carbons (Fsp3) is 0.562. The summed E-state index contributed by atoms with van der Waals surface area (Å²) in [5.41, 5.74) is 1.99. The van der Waals surface area contributed by atoms with Crippen LogP contribution in [0.5, 0.6) is 0 Å². The Morgan fingerprint density at radius 2 is 2.11 bits per heavy atom.